The first-order chi connectivity index (χ1) is 15.1. The molecule has 1 fully saturated rings. The lowest BCUT2D eigenvalue weighted by molar-refractivity contribution is -0.135. The molecule has 0 radical (unpaired) electrons. The van der Waals surface area contributed by atoms with Crippen LogP contribution < -0.4 is 28.4 Å². The van der Waals surface area contributed by atoms with E-state index in [0.29, 0.717) is 53.1 Å². The van der Waals surface area contributed by atoms with E-state index in [1.807, 2.05) is 12.1 Å². The zero-order valence-corrected chi connectivity index (χ0v) is 17.9. The molecule has 8 nitrogen and oxygen atoms in total. The molecule has 1 atom stereocenters. The molecule has 31 heavy (non-hydrogen) atoms. The molecule has 0 aliphatic carbocycles. The maximum Gasteiger partial charge on any atom is 0.334 e. The second kappa shape index (κ2) is 8.67. The Morgan fingerprint density at radius 3 is 2.26 bits per heavy atom. The number of methoxy groups -OCH3 is 4. The van der Waals surface area contributed by atoms with Crippen molar-refractivity contribution in [3.05, 3.63) is 41.0 Å². The second-order valence-electron chi connectivity index (χ2n) is 7.09. The molecule has 0 spiro atoms. The van der Waals surface area contributed by atoms with Crippen LogP contribution in [0.15, 0.2) is 29.8 Å². The van der Waals surface area contributed by atoms with Crippen molar-refractivity contribution in [2.75, 3.05) is 41.8 Å². The van der Waals surface area contributed by atoms with Crippen molar-refractivity contribution >= 4 is 12.0 Å². The van der Waals surface area contributed by atoms with E-state index in [-0.39, 0.29) is 18.7 Å². The third-order valence-corrected chi connectivity index (χ3v) is 5.30. The van der Waals surface area contributed by atoms with Gasteiger partial charge in [-0.1, -0.05) is 0 Å². The van der Waals surface area contributed by atoms with E-state index in [4.69, 9.17) is 33.2 Å². The second-order valence-corrected chi connectivity index (χ2v) is 7.09. The number of esters is 1. The van der Waals surface area contributed by atoms with Crippen molar-refractivity contribution in [3.63, 3.8) is 0 Å². The standard InChI is InChI=1S/C23H24O8/c1-25-17-8-14(9-18(26-2)21(17)28-4)6-16-15(11-29-23(16)24)5-13-7-19(27-3)22-20(10-13)30-12-31-22/h6-10,15H,5,11-12H2,1-4H3/b16-6+/t15-/m0/s1. The average molecular weight is 428 g/mol. The molecule has 0 N–H and O–H groups in total. The van der Waals surface area contributed by atoms with Crippen LogP contribution in [0.1, 0.15) is 11.1 Å². The van der Waals surface area contributed by atoms with E-state index in [0.717, 1.165) is 11.1 Å². The third-order valence-electron chi connectivity index (χ3n) is 5.30. The zero-order valence-electron chi connectivity index (χ0n) is 17.9. The average Bonchev–Trinajstić information content (AvgIpc) is 3.39. The van der Waals surface area contributed by atoms with Gasteiger partial charge in [0, 0.05) is 11.5 Å². The van der Waals surface area contributed by atoms with Crippen LogP contribution in [0.25, 0.3) is 6.08 Å². The first-order valence-corrected chi connectivity index (χ1v) is 9.73. The molecule has 2 aliphatic rings. The van der Waals surface area contributed by atoms with Crippen LogP contribution in [0.5, 0.6) is 34.5 Å². The van der Waals surface area contributed by atoms with Crippen molar-refractivity contribution in [1.29, 1.82) is 0 Å². The summed E-state index contributed by atoms with van der Waals surface area (Å²) in [7, 11) is 6.23. The van der Waals surface area contributed by atoms with Crippen molar-refractivity contribution in [2.24, 2.45) is 5.92 Å². The number of hydrogen-bond donors (Lipinski definition) is 0. The highest BCUT2D eigenvalue weighted by Crippen LogP contribution is 2.43. The highest BCUT2D eigenvalue weighted by molar-refractivity contribution is 5.96. The third kappa shape index (κ3) is 3.93. The molecule has 2 heterocycles. The fraction of sp³-hybridized carbons (Fsp3) is 0.348. The molecule has 164 valence electrons. The molecule has 0 amide bonds. The van der Waals surface area contributed by atoms with Gasteiger partial charge in [-0.2, -0.15) is 0 Å². The quantitative estimate of drug-likeness (QED) is 0.491. The molecule has 0 aromatic heterocycles. The van der Waals surface area contributed by atoms with Crippen LogP contribution in [0, 0.1) is 5.92 Å². The molecule has 2 aromatic rings. The van der Waals surface area contributed by atoms with Crippen molar-refractivity contribution in [3.8, 4) is 34.5 Å². The number of ether oxygens (including phenoxy) is 7. The van der Waals surface area contributed by atoms with Gasteiger partial charge in [-0.05, 0) is 47.9 Å². The molecule has 8 heteroatoms. The number of benzene rings is 2. The Morgan fingerprint density at radius 1 is 0.903 bits per heavy atom. The maximum atomic E-state index is 12.5. The summed E-state index contributed by atoms with van der Waals surface area (Å²) in [6, 6.07) is 7.39. The Kier molecular flexibility index (Phi) is 5.79. The van der Waals surface area contributed by atoms with E-state index in [1.165, 1.54) is 0 Å². The van der Waals surface area contributed by atoms with Crippen LogP contribution in [-0.2, 0) is 16.0 Å². The highest BCUT2D eigenvalue weighted by atomic mass is 16.7. The Hall–Kier alpha value is -3.55. The van der Waals surface area contributed by atoms with Crippen LogP contribution in [-0.4, -0.2) is 47.8 Å². The van der Waals surface area contributed by atoms with E-state index >= 15 is 0 Å². The fourth-order valence-corrected chi connectivity index (χ4v) is 3.81. The summed E-state index contributed by atoms with van der Waals surface area (Å²) in [6.07, 6.45) is 2.38. The lowest BCUT2D eigenvalue weighted by Crippen LogP contribution is -2.08. The fourth-order valence-electron chi connectivity index (χ4n) is 3.81. The minimum atomic E-state index is -0.341. The first kappa shape index (κ1) is 20.7. The molecule has 0 bridgehead atoms. The van der Waals surface area contributed by atoms with Crippen LogP contribution in [0.2, 0.25) is 0 Å². The zero-order chi connectivity index (χ0) is 22.0. The molecule has 1 saturated heterocycles. The molecule has 2 aromatic carbocycles. The number of fused-ring (bicyclic) bond motifs is 1. The molecular weight excluding hydrogens is 404 g/mol. The maximum absolute atomic E-state index is 12.5. The Morgan fingerprint density at radius 2 is 1.61 bits per heavy atom. The predicted molar refractivity (Wildman–Crippen MR) is 111 cm³/mol. The highest BCUT2D eigenvalue weighted by Gasteiger charge is 2.32. The molecule has 4 rings (SSSR count). The SMILES string of the molecule is COc1cc(/C=C2/C(=O)OC[C@@H]2Cc2cc(OC)c3c(c2)OCO3)cc(OC)c1OC. The smallest absolute Gasteiger partial charge is 0.334 e. The normalized spacial score (nSPS) is 18.1. The molecule has 0 saturated carbocycles. The van der Waals surface area contributed by atoms with Gasteiger partial charge in [-0.3, -0.25) is 0 Å². The predicted octanol–water partition coefficient (Wildman–Crippen LogP) is 3.25. The van der Waals surface area contributed by atoms with Gasteiger partial charge < -0.3 is 33.2 Å². The Labute approximate surface area is 180 Å². The van der Waals surface area contributed by atoms with Crippen LogP contribution in [0.3, 0.4) is 0 Å². The minimum Gasteiger partial charge on any atom is -0.493 e. The lowest BCUT2D eigenvalue weighted by atomic mass is 9.92. The van der Waals surface area contributed by atoms with Gasteiger partial charge in [0.15, 0.2) is 23.0 Å². The summed E-state index contributed by atoms with van der Waals surface area (Å²) in [4.78, 5) is 12.5. The number of cyclic esters (lactones) is 1. The monoisotopic (exact) mass is 428 g/mol. The largest absolute Gasteiger partial charge is 0.493 e. The lowest BCUT2D eigenvalue weighted by Gasteiger charge is -2.14. The van der Waals surface area contributed by atoms with E-state index in [1.54, 1.807) is 46.6 Å². The van der Waals surface area contributed by atoms with Crippen LogP contribution in [0.4, 0.5) is 0 Å². The number of carbonyl (C=O) groups is 1. The Bertz CT molecular complexity index is 1000. The van der Waals surface area contributed by atoms with Gasteiger partial charge >= 0.3 is 5.97 Å². The summed E-state index contributed by atoms with van der Waals surface area (Å²) in [5.74, 6) is 2.88. The van der Waals surface area contributed by atoms with Gasteiger partial charge in [0.25, 0.3) is 0 Å². The van der Waals surface area contributed by atoms with Gasteiger partial charge in [-0.15, -0.1) is 0 Å². The summed E-state index contributed by atoms with van der Waals surface area (Å²) in [5.41, 5.74) is 2.28. The summed E-state index contributed by atoms with van der Waals surface area (Å²) in [6.45, 7) is 0.457. The van der Waals surface area contributed by atoms with Crippen molar-refractivity contribution in [1.82, 2.24) is 0 Å². The first-order valence-electron chi connectivity index (χ1n) is 9.73. The number of hydrogen-bond acceptors (Lipinski definition) is 8. The van der Waals surface area contributed by atoms with Gasteiger partial charge in [0.2, 0.25) is 18.3 Å². The number of carbonyl (C=O) groups excluding carboxylic acids is 1. The summed E-state index contributed by atoms with van der Waals surface area (Å²) < 4.78 is 37.9. The molecule has 0 unspecified atom stereocenters. The molecule has 2 aliphatic heterocycles. The van der Waals surface area contributed by atoms with Gasteiger partial charge in [0.05, 0.1) is 35.0 Å². The van der Waals surface area contributed by atoms with Gasteiger partial charge in [0.1, 0.15) is 0 Å². The minimum absolute atomic E-state index is 0.128. The topological polar surface area (TPSA) is 81.7 Å². The van der Waals surface area contributed by atoms with Crippen molar-refractivity contribution < 1.29 is 38.0 Å². The van der Waals surface area contributed by atoms with E-state index in [2.05, 4.69) is 0 Å². The Balaban J connectivity index is 1.66. The van der Waals surface area contributed by atoms with Crippen molar-refractivity contribution in [2.45, 2.75) is 6.42 Å². The molecular formula is C23H24O8. The summed E-state index contributed by atoms with van der Waals surface area (Å²) >= 11 is 0. The van der Waals surface area contributed by atoms with Gasteiger partial charge in [-0.25, -0.2) is 4.79 Å². The summed E-state index contributed by atoms with van der Waals surface area (Å²) in [5, 5.41) is 0. The van der Waals surface area contributed by atoms with E-state index < -0.39 is 0 Å². The van der Waals surface area contributed by atoms with Crippen LogP contribution >= 0.6 is 0 Å². The van der Waals surface area contributed by atoms with E-state index in [9.17, 15) is 4.79 Å². The number of rotatable bonds is 7.